The SMILES string of the molecule is O=C(NCC(O)C(O)c1cc([N+](=O)[O-])cnc1Cl)OCC1c2ccccc2-c2ccccc21. The monoisotopic (exact) mass is 469 g/mol. The first kappa shape index (κ1) is 22.7. The smallest absolute Gasteiger partial charge is 0.407 e. The van der Waals surface area contributed by atoms with Gasteiger partial charge < -0.3 is 20.3 Å². The molecule has 0 aliphatic heterocycles. The number of alkyl carbamates (subject to hydrolysis) is 1. The van der Waals surface area contributed by atoms with Crippen molar-refractivity contribution in [3.63, 3.8) is 0 Å². The number of benzene rings is 2. The minimum atomic E-state index is -1.60. The van der Waals surface area contributed by atoms with E-state index in [-0.39, 0.29) is 35.5 Å². The summed E-state index contributed by atoms with van der Waals surface area (Å²) in [5, 5.41) is 33.7. The molecule has 0 saturated carbocycles. The highest BCUT2D eigenvalue weighted by atomic mass is 35.5. The van der Waals surface area contributed by atoms with Crippen LogP contribution >= 0.6 is 11.6 Å². The number of pyridine rings is 1. The van der Waals surface area contributed by atoms with Gasteiger partial charge in [0.1, 0.15) is 30.2 Å². The summed E-state index contributed by atoms with van der Waals surface area (Å²) in [7, 11) is 0. The number of carbonyl (C=O) groups is 1. The summed E-state index contributed by atoms with van der Waals surface area (Å²) >= 11 is 5.89. The minimum Gasteiger partial charge on any atom is -0.449 e. The molecule has 0 bridgehead atoms. The first-order valence-electron chi connectivity index (χ1n) is 10.1. The van der Waals surface area contributed by atoms with Crippen molar-refractivity contribution >= 4 is 23.4 Å². The van der Waals surface area contributed by atoms with Gasteiger partial charge in [-0.05, 0) is 22.3 Å². The van der Waals surface area contributed by atoms with Crippen LogP contribution in [0.15, 0.2) is 60.8 Å². The lowest BCUT2D eigenvalue weighted by molar-refractivity contribution is -0.385. The van der Waals surface area contributed by atoms with Crippen molar-refractivity contribution in [3.8, 4) is 11.1 Å². The number of hydrogen-bond acceptors (Lipinski definition) is 7. The van der Waals surface area contributed by atoms with Gasteiger partial charge in [-0.15, -0.1) is 0 Å². The van der Waals surface area contributed by atoms with E-state index in [0.717, 1.165) is 34.5 Å². The average Bonchev–Trinajstić information content (AvgIpc) is 3.14. The molecule has 170 valence electrons. The molecule has 1 heterocycles. The first-order chi connectivity index (χ1) is 15.9. The maximum Gasteiger partial charge on any atom is 0.407 e. The highest BCUT2D eigenvalue weighted by molar-refractivity contribution is 6.30. The molecule has 33 heavy (non-hydrogen) atoms. The summed E-state index contributed by atoms with van der Waals surface area (Å²) in [6, 6.07) is 16.9. The van der Waals surface area contributed by atoms with Crippen molar-refractivity contribution in [2.24, 2.45) is 0 Å². The molecule has 3 aromatic rings. The van der Waals surface area contributed by atoms with Crippen molar-refractivity contribution in [2.75, 3.05) is 13.2 Å². The molecule has 3 N–H and O–H groups in total. The molecule has 0 fully saturated rings. The molecule has 2 atom stereocenters. The Bertz CT molecular complexity index is 1160. The predicted molar refractivity (Wildman–Crippen MR) is 120 cm³/mol. The van der Waals surface area contributed by atoms with Crippen molar-refractivity contribution in [3.05, 3.63) is 92.8 Å². The van der Waals surface area contributed by atoms with E-state index in [0.29, 0.717) is 0 Å². The Labute approximate surface area is 193 Å². The predicted octanol–water partition coefficient (Wildman–Crippen LogP) is 3.58. The van der Waals surface area contributed by atoms with Gasteiger partial charge in [-0.2, -0.15) is 0 Å². The highest BCUT2D eigenvalue weighted by Crippen LogP contribution is 2.44. The van der Waals surface area contributed by atoms with E-state index in [1.807, 2.05) is 48.5 Å². The molecule has 4 rings (SSSR count). The van der Waals surface area contributed by atoms with E-state index in [4.69, 9.17) is 16.3 Å². The lowest BCUT2D eigenvalue weighted by atomic mass is 9.98. The second-order valence-electron chi connectivity index (χ2n) is 7.55. The van der Waals surface area contributed by atoms with Crippen molar-refractivity contribution < 1.29 is 24.7 Å². The first-order valence-corrected chi connectivity index (χ1v) is 10.5. The lowest BCUT2D eigenvalue weighted by Gasteiger charge is -2.19. The van der Waals surface area contributed by atoms with Gasteiger partial charge in [0, 0.05) is 24.1 Å². The van der Waals surface area contributed by atoms with E-state index in [9.17, 15) is 25.1 Å². The van der Waals surface area contributed by atoms with Crippen LogP contribution in [0.4, 0.5) is 10.5 Å². The van der Waals surface area contributed by atoms with Crippen LogP contribution in [0.25, 0.3) is 11.1 Å². The number of ether oxygens (including phenoxy) is 1. The summed E-state index contributed by atoms with van der Waals surface area (Å²) in [4.78, 5) is 26.1. The Morgan fingerprint density at radius 2 is 1.76 bits per heavy atom. The van der Waals surface area contributed by atoms with E-state index >= 15 is 0 Å². The van der Waals surface area contributed by atoms with Crippen LogP contribution in [0, 0.1) is 10.1 Å². The number of hydrogen-bond donors (Lipinski definition) is 3. The van der Waals surface area contributed by atoms with Crippen LogP contribution in [0.3, 0.4) is 0 Å². The molecule has 2 unspecified atom stereocenters. The summed E-state index contributed by atoms with van der Waals surface area (Å²) in [5.41, 5.74) is 3.83. The van der Waals surface area contributed by atoms with Gasteiger partial charge in [0.2, 0.25) is 0 Å². The Morgan fingerprint density at radius 1 is 1.15 bits per heavy atom. The fraction of sp³-hybridized carbons (Fsp3) is 0.217. The fourth-order valence-corrected chi connectivity index (χ4v) is 4.13. The normalized spacial score (nSPS) is 14.2. The Balaban J connectivity index is 1.36. The molecule has 9 nitrogen and oxygen atoms in total. The van der Waals surface area contributed by atoms with E-state index in [2.05, 4.69) is 10.3 Å². The third-order valence-electron chi connectivity index (χ3n) is 5.54. The van der Waals surface area contributed by atoms with Gasteiger partial charge in [0.15, 0.2) is 0 Å². The van der Waals surface area contributed by atoms with E-state index in [1.54, 1.807) is 0 Å². The highest BCUT2D eigenvalue weighted by Gasteiger charge is 2.29. The zero-order chi connectivity index (χ0) is 23.5. The number of carbonyl (C=O) groups excluding carboxylic acids is 1. The number of halogens is 1. The van der Waals surface area contributed by atoms with Crippen LogP contribution in [-0.2, 0) is 4.74 Å². The third kappa shape index (κ3) is 4.65. The Hall–Kier alpha value is -3.53. The summed E-state index contributed by atoms with van der Waals surface area (Å²) in [5.74, 6) is -0.117. The number of fused-ring (bicyclic) bond motifs is 3. The molecule has 10 heteroatoms. The number of aliphatic hydroxyl groups excluding tert-OH is 2. The summed E-state index contributed by atoms with van der Waals surface area (Å²) < 4.78 is 5.38. The van der Waals surface area contributed by atoms with E-state index in [1.165, 1.54) is 0 Å². The second-order valence-corrected chi connectivity index (χ2v) is 7.91. The van der Waals surface area contributed by atoms with Crippen LogP contribution in [0.5, 0.6) is 0 Å². The standard InChI is InChI=1S/C23H20ClN3O6/c24-22-18(9-13(10-25-22)27(31)32)21(29)20(28)11-26-23(30)33-12-19-16-7-3-1-5-14(16)15-6-2-4-8-17(15)19/h1-10,19-21,28-29H,11-12H2,(H,26,30). The van der Waals surface area contributed by atoms with Crippen LogP contribution in [0.2, 0.25) is 5.15 Å². The molecule has 1 aliphatic carbocycles. The molecule has 1 amide bonds. The number of nitro groups is 1. The maximum absolute atomic E-state index is 12.2. The van der Waals surface area contributed by atoms with Gasteiger partial charge in [0.25, 0.3) is 5.69 Å². The minimum absolute atomic E-state index is 0.0964. The number of nitrogens with zero attached hydrogens (tertiary/aromatic N) is 2. The second kappa shape index (κ2) is 9.53. The summed E-state index contributed by atoms with van der Waals surface area (Å²) in [6.07, 6.45) is -2.92. The van der Waals surface area contributed by atoms with Gasteiger partial charge in [0.05, 0.1) is 4.92 Å². The van der Waals surface area contributed by atoms with Crippen molar-refractivity contribution in [1.82, 2.24) is 10.3 Å². The number of rotatable bonds is 7. The molecule has 0 radical (unpaired) electrons. The molecule has 2 aromatic carbocycles. The zero-order valence-electron chi connectivity index (χ0n) is 17.2. The van der Waals surface area contributed by atoms with Crippen LogP contribution < -0.4 is 5.32 Å². The number of aromatic nitrogens is 1. The molecule has 1 aliphatic rings. The lowest BCUT2D eigenvalue weighted by Crippen LogP contribution is -2.36. The number of aliphatic hydroxyl groups is 2. The average molecular weight is 470 g/mol. The van der Waals surface area contributed by atoms with Crippen molar-refractivity contribution in [1.29, 1.82) is 0 Å². The number of nitrogens with one attached hydrogen (secondary N) is 1. The third-order valence-corrected chi connectivity index (χ3v) is 5.86. The van der Waals surface area contributed by atoms with Gasteiger partial charge in [-0.25, -0.2) is 9.78 Å². The van der Waals surface area contributed by atoms with Crippen LogP contribution in [-0.4, -0.2) is 45.5 Å². The van der Waals surface area contributed by atoms with Gasteiger partial charge >= 0.3 is 6.09 Å². The quantitative estimate of drug-likeness (QED) is 0.273. The molecular formula is C23H20ClN3O6. The van der Waals surface area contributed by atoms with Gasteiger partial charge in [-0.3, -0.25) is 10.1 Å². The fourth-order valence-electron chi connectivity index (χ4n) is 3.92. The van der Waals surface area contributed by atoms with Crippen LogP contribution in [0.1, 0.15) is 28.7 Å². The Kier molecular flexibility index (Phi) is 6.55. The number of amides is 1. The largest absolute Gasteiger partial charge is 0.449 e. The van der Waals surface area contributed by atoms with E-state index < -0.39 is 23.2 Å². The molecular weight excluding hydrogens is 450 g/mol. The van der Waals surface area contributed by atoms with Gasteiger partial charge in [-0.1, -0.05) is 60.1 Å². The maximum atomic E-state index is 12.2. The topological polar surface area (TPSA) is 135 Å². The molecule has 1 aromatic heterocycles. The zero-order valence-corrected chi connectivity index (χ0v) is 18.0. The Morgan fingerprint density at radius 3 is 2.36 bits per heavy atom. The summed E-state index contributed by atoms with van der Waals surface area (Å²) in [6.45, 7) is -0.268. The van der Waals surface area contributed by atoms with Crippen molar-refractivity contribution in [2.45, 2.75) is 18.1 Å². The molecule has 0 saturated heterocycles. The molecule has 0 spiro atoms.